The molecular weight excluding hydrogens is 288 g/mol. The van der Waals surface area contributed by atoms with Crippen LogP contribution in [-0.4, -0.2) is 35.0 Å². The van der Waals surface area contributed by atoms with Crippen molar-refractivity contribution in [3.8, 4) is 0 Å². The summed E-state index contributed by atoms with van der Waals surface area (Å²) in [6.45, 7) is 3.95. The number of hydrogen-bond donors (Lipinski definition) is 1. The Bertz CT molecular complexity index is 536. The first-order valence-electron chi connectivity index (χ1n) is 7.73. The molecule has 114 valence electrons. The number of nitrogens with one attached hydrogen (secondary N) is 1. The van der Waals surface area contributed by atoms with E-state index in [2.05, 4.69) is 27.1 Å². The Morgan fingerprint density at radius 2 is 2.29 bits per heavy atom. The molecule has 2 atom stereocenters. The number of fused-ring (bicyclic) bond motifs is 1. The maximum absolute atomic E-state index is 11.5. The van der Waals surface area contributed by atoms with Gasteiger partial charge in [0.05, 0.1) is 0 Å². The van der Waals surface area contributed by atoms with Crippen LogP contribution < -0.4 is 10.2 Å². The van der Waals surface area contributed by atoms with E-state index in [1.807, 2.05) is 6.07 Å². The fraction of sp³-hybridized carbons (Fsp3) is 0.667. The summed E-state index contributed by atoms with van der Waals surface area (Å²) in [5.74, 6) is 2.45. The number of rotatable bonds is 3. The van der Waals surface area contributed by atoms with Gasteiger partial charge in [0.25, 0.3) is 0 Å². The molecule has 0 bridgehead atoms. The van der Waals surface area contributed by atoms with Crippen molar-refractivity contribution in [2.24, 2.45) is 5.92 Å². The molecule has 0 aromatic carbocycles. The Morgan fingerprint density at radius 1 is 1.43 bits per heavy atom. The number of carbonyl (C=O) groups is 1. The summed E-state index contributed by atoms with van der Waals surface area (Å²) in [5.41, 5.74) is 0. The van der Waals surface area contributed by atoms with Crippen LogP contribution in [0.4, 0.5) is 5.82 Å². The maximum Gasteiger partial charge on any atom is 0.220 e. The number of aryl methyl sites for hydroxylation is 1. The molecule has 2 saturated heterocycles. The Morgan fingerprint density at radius 3 is 3.10 bits per heavy atom. The van der Waals surface area contributed by atoms with Gasteiger partial charge in [-0.3, -0.25) is 4.79 Å². The lowest BCUT2D eigenvalue weighted by molar-refractivity contribution is -0.124. The summed E-state index contributed by atoms with van der Waals surface area (Å²) in [5, 5.41) is 3.63. The second kappa shape index (κ2) is 6.18. The summed E-state index contributed by atoms with van der Waals surface area (Å²) in [6, 6.07) is 2.18. The molecule has 0 saturated carbocycles. The van der Waals surface area contributed by atoms with E-state index in [0.717, 1.165) is 50.4 Å². The van der Waals surface area contributed by atoms with Crippen LogP contribution in [-0.2, 0) is 11.2 Å². The highest BCUT2D eigenvalue weighted by Gasteiger charge is 2.34. The van der Waals surface area contributed by atoms with Crippen molar-refractivity contribution in [1.29, 1.82) is 0 Å². The molecule has 3 heterocycles. The SMILES string of the molecule is CCCc1nc(Cl)cc(N2CCC3NC(=O)CCC3C2)n1. The van der Waals surface area contributed by atoms with Crippen LogP contribution in [0.15, 0.2) is 6.07 Å². The van der Waals surface area contributed by atoms with Crippen LogP contribution in [0.2, 0.25) is 5.15 Å². The molecule has 1 amide bonds. The van der Waals surface area contributed by atoms with Crippen LogP contribution in [0.1, 0.15) is 38.4 Å². The minimum Gasteiger partial charge on any atom is -0.356 e. The third-order valence-corrected chi connectivity index (χ3v) is 4.54. The zero-order valence-corrected chi connectivity index (χ0v) is 13.1. The number of hydrogen-bond acceptors (Lipinski definition) is 4. The molecule has 3 rings (SSSR count). The van der Waals surface area contributed by atoms with Gasteiger partial charge in [0.15, 0.2) is 0 Å². The highest BCUT2D eigenvalue weighted by molar-refractivity contribution is 6.29. The second-order valence-corrected chi connectivity index (χ2v) is 6.31. The first-order valence-corrected chi connectivity index (χ1v) is 8.11. The molecule has 5 nitrogen and oxygen atoms in total. The average Bonchev–Trinajstić information content (AvgIpc) is 2.46. The minimum atomic E-state index is 0.194. The van der Waals surface area contributed by atoms with E-state index in [9.17, 15) is 4.79 Å². The van der Waals surface area contributed by atoms with E-state index >= 15 is 0 Å². The molecule has 6 heteroatoms. The van der Waals surface area contributed by atoms with Gasteiger partial charge in [-0.1, -0.05) is 18.5 Å². The van der Waals surface area contributed by atoms with E-state index in [4.69, 9.17) is 11.6 Å². The van der Waals surface area contributed by atoms with Crippen molar-refractivity contribution in [2.75, 3.05) is 18.0 Å². The van der Waals surface area contributed by atoms with Crippen molar-refractivity contribution < 1.29 is 4.79 Å². The van der Waals surface area contributed by atoms with Crippen molar-refractivity contribution >= 4 is 23.3 Å². The standard InChI is InChI=1S/C15H21ClN4O/c1-2-3-13-18-12(16)8-14(19-13)20-7-6-11-10(9-20)4-5-15(21)17-11/h8,10-11H,2-7,9H2,1H3,(H,17,21). The lowest BCUT2D eigenvalue weighted by Gasteiger charge is -2.41. The maximum atomic E-state index is 11.5. The van der Waals surface area contributed by atoms with E-state index in [-0.39, 0.29) is 5.91 Å². The molecule has 21 heavy (non-hydrogen) atoms. The van der Waals surface area contributed by atoms with E-state index < -0.39 is 0 Å². The number of nitrogens with zero attached hydrogens (tertiary/aromatic N) is 3. The van der Waals surface area contributed by atoms with Gasteiger partial charge in [-0.2, -0.15) is 0 Å². The minimum absolute atomic E-state index is 0.194. The summed E-state index contributed by atoms with van der Waals surface area (Å²) >= 11 is 6.13. The summed E-state index contributed by atoms with van der Waals surface area (Å²) in [6.07, 6.45) is 4.44. The average molecular weight is 309 g/mol. The fourth-order valence-corrected chi connectivity index (χ4v) is 3.46. The van der Waals surface area contributed by atoms with Crippen molar-refractivity contribution in [2.45, 2.75) is 45.1 Å². The topological polar surface area (TPSA) is 58.1 Å². The molecule has 1 N–H and O–H groups in total. The highest BCUT2D eigenvalue weighted by Crippen LogP contribution is 2.28. The number of carbonyl (C=O) groups excluding carboxylic acids is 1. The van der Waals surface area contributed by atoms with Crippen molar-refractivity contribution in [3.05, 3.63) is 17.0 Å². The van der Waals surface area contributed by atoms with Gasteiger partial charge in [-0.25, -0.2) is 9.97 Å². The monoisotopic (exact) mass is 308 g/mol. The highest BCUT2D eigenvalue weighted by atomic mass is 35.5. The zero-order valence-electron chi connectivity index (χ0n) is 12.3. The van der Waals surface area contributed by atoms with Gasteiger partial charge >= 0.3 is 0 Å². The second-order valence-electron chi connectivity index (χ2n) is 5.92. The molecule has 1 aromatic heterocycles. The smallest absolute Gasteiger partial charge is 0.220 e. The summed E-state index contributed by atoms with van der Waals surface area (Å²) in [7, 11) is 0. The Labute approximate surface area is 130 Å². The molecule has 0 spiro atoms. The predicted octanol–water partition coefficient (Wildman–Crippen LogP) is 2.19. The number of amides is 1. The molecule has 2 aliphatic rings. The van der Waals surface area contributed by atoms with Crippen molar-refractivity contribution in [1.82, 2.24) is 15.3 Å². The molecule has 1 aromatic rings. The van der Waals surface area contributed by atoms with Gasteiger partial charge in [-0.15, -0.1) is 0 Å². The molecule has 2 aliphatic heterocycles. The van der Waals surface area contributed by atoms with Gasteiger partial charge in [-0.05, 0) is 25.2 Å². The van der Waals surface area contributed by atoms with Crippen LogP contribution in [0.5, 0.6) is 0 Å². The first kappa shape index (κ1) is 14.6. The van der Waals surface area contributed by atoms with Gasteiger partial charge in [0.2, 0.25) is 5.91 Å². The third kappa shape index (κ3) is 3.28. The number of piperidine rings is 2. The van der Waals surface area contributed by atoms with Crippen molar-refractivity contribution in [3.63, 3.8) is 0 Å². The van der Waals surface area contributed by atoms with Crippen LogP contribution in [0.3, 0.4) is 0 Å². The molecule has 2 unspecified atom stereocenters. The Kier molecular flexibility index (Phi) is 4.29. The molecule has 0 radical (unpaired) electrons. The lowest BCUT2D eigenvalue weighted by Crippen LogP contribution is -2.54. The Balaban J connectivity index is 1.74. The van der Waals surface area contributed by atoms with Crippen LogP contribution >= 0.6 is 11.6 Å². The zero-order chi connectivity index (χ0) is 14.8. The normalized spacial score (nSPS) is 25.4. The number of anilines is 1. The predicted molar refractivity (Wildman–Crippen MR) is 82.5 cm³/mol. The molecule has 2 fully saturated rings. The summed E-state index contributed by atoms with van der Waals surface area (Å²) < 4.78 is 0. The summed E-state index contributed by atoms with van der Waals surface area (Å²) in [4.78, 5) is 22.7. The number of halogens is 1. The van der Waals surface area contributed by atoms with Gasteiger partial charge in [0, 0.05) is 38.0 Å². The third-order valence-electron chi connectivity index (χ3n) is 4.35. The van der Waals surface area contributed by atoms with E-state index in [0.29, 0.717) is 23.5 Å². The van der Waals surface area contributed by atoms with Gasteiger partial charge in [0.1, 0.15) is 16.8 Å². The van der Waals surface area contributed by atoms with Gasteiger partial charge < -0.3 is 10.2 Å². The van der Waals surface area contributed by atoms with E-state index in [1.54, 1.807) is 0 Å². The quantitative estimate of drug-likeness (QED) is 0.870. The lowest BCUT2D eigenvalue weighted by atomic mass is 9.85. The first-order chi connectivity index (χ1) is 10.2. The molecule has 0 aliphatic carbocycles. The fourth-order valence-electron chi connectivity index (χ4n) is 3.27. The van der Waals surface area contributed by atoms with E-state index in [1.165, 1.54) is 0 Å². The number of aromatic nitrogens is 2. The Hall–Kier alpha value is -1.36. The van der Waals surface area contributed by atoms with Crippen LogP contribution in [0.25, 0.3) is 0 Å². The van der Waals surface area contributed by atoms with Crippen LogP contribution in [0, 0.1) is 5.92 Å². The molecular formula is C15H21ClN4O. The largest absolute Gasteiger partial charge is 0.356 e.